The normalized spacial score (nSPS) is 12.5. The van der Waals surface area contributed by atoms with Crippen molar-refractivity contribution in [2.24, 2.45) is 31.9 Å². The molecule has 0 aliphatic rings. The average Bonchev–Trinajstić information content (AvgIpc) is 2.71. The zero-order valence-electron chi connectivity index (χ0n) is 17.7. The standard InChI is InChI=1S/C15H28N12S4/c1-8(20-24-12(16)28)10(3)22-26-14(30)18-6-5-7-19-15(31)27-23-11(4)9(2)21-25-13(17)29/h5-7H2,1-4H3,(H3,16,24,28)(H3,17,25,29)(H2,18,26,30)(H2,19,27,31)/b20-8+,21-9+,22-10+,23-11+. The van der Waals surface area contributed by atoms with Crippen molar-refractivity contribution in [3.63, 3.8) is 0 Å². The third kappa shape index (κ3) is 15.9. The van der Waals surface area contributed by atoms with E-state index in [1.54, 1.807) is 27.7 Å². The molecule has 0 aliphatic carbocycles. The van der Waals surface area contributed by atoms with Crippen molar-refractivity contribution >= 4 is 92.2 Å². The first-order chi connectivity index (χ1) is 14.5. The van der Waals surface area contributed by atoms with Gasteiger partial charge in [-0.2, -0.15) is 20.4 Å². The fourth-order valence-electron chi connectivity index (χ4n) is 1.44. The lowest BCUT2D eigenvalue weighted by Gasteiger charge is -2.10. The summed E-state index contributed by atoms with van der Waals surface area (Å²) in [6, 6.07) is 0. The average molecular weight is 505 g/mol. The van der Waals surface area contributed by atoms with Gasteiger partial charge in [0.25, 0.3) is 0 Å². The molecule has 0 rings (SSSR count). The molecule has 16 heteroatoms. The fraction of sp³-hybridized carbons (Fsp3) is 0.467. The van der Waals surface area contributed by atoms with Gasteiger partial charge in [0.05, 0.1) is 22.8 Å². The summed E-state index contributed by atoms with van der Waals surface area (Å²) in [6.45, 7) is 8.30. The van der Waals surface area contributed by atoms with Gasteiger partial charge in [-0.25, -0.2) is 0 Å². The van der Waals surface area contributed by atoms with Gasteiger partial charge in [0.15, 0.2) is 20.4 Å². The van der Waals surface area contributed by atoms with Crippen LogP contribution in [-0.2, 0) is 0 Å². The summed E-state index contributed by atoms with van der Waals surface area (Å²) < 4.78 is 0. The van der Waals surface area contributed by atoms with Gasteiger partial charge in [-0.15, -0.1) is 0 Å². The maximum atomic E-state index is 5.31. The number of nitrogens with one attached hydrogen (secondary N) is 6. The minimum atomic E-state index is 0.0800. The van der Waals surface area contributed by atoms with E-state index < -0.39 is 0 Å². The predicted molar refractivity (Wildman–Crippen MR) is 144 cm³/mol. The molecular weight excluding hydrogens is 477 g/mol. The zero-order chi connectivity index (χ0) is 23.8. The third-order valence-corrected chi connectivity index (χ3v) is 3.94. The van der Waals surface area contributed by atoms with E-state index in [4.69, 9.17) is 35.9 Å². The SMILES string of the molecule is CC(=N\NC(N)=S)/C(C)=N/NC(=S)NCCCNC(=S)N/N=C(C)/C(C)=N/NC(N)=S. The first kappa shape index (κ1) is 28.4. The van der Waals surface area contributed by atoms with Crippen LogP contribution in [0.1, 0.15) is 34.1 Å². The van der Waals surface area contributed by atoms with Crippen molar-refractivity contribution in [2.75, 3.05) is 13.1 Å². The Morgan fingerprint density at radius 3 is 1.16 bits per heavy atom. The number of hydrogen-bond acceptors (Lipinski definition) is 8. The van der Waals surface area contributed by atoms with E-state index in [1.807, 2.05) is 0 Å². The largest absolute Gasteiger partial charge is 0.375 e. The van der Waals surface area contributed by atoms with Crippen LogP contribution in [0.15, 0.2) is 20.4 Å². The number of rotatable bonds is 10. The predicted octanol–water partition coefficient (Wildman–Crippen LogP) is -0.525. The maximum absolute atomic E-state index is 5.31. The second-order valence-electron chi connectivity index (χ2n) is 5.83. The van der Waals surface area contributed by atoms with E-state index in [0.717, 1.165) is 6.42 Å². The highest BCUT2D eigenvalue weighted by Crippen LogP contribution is 1.84. The lowest BCUT2D eigenvalue weighted by atomic mass is 10.3. The summed E-state index contributed by atoms with van der Waals surface area (Å²) in [4.78, 5) is 0. The molecule has 0 radical (unpaired) electrons. The van der Waals surface area contributed by atoms with Crippen LogP contribution in [0.3, 0.4) is 0 Å². The number of hydrogen-bond donors (Lipinski definition) is 8. The second kappa shape index (κ2) is 16.2. The lowest BCUT2D eigenvalue weighted by molar-refractivity contribution is 0.727. The van der Waals surface area contributed by atoms with Crippen molar-refractivity contribution in [3.8, 4) is 0 Å². The Morgan fingerprint density at radius 1 is 0.581 bits per heavy atom. The van der Waals surface area contributed by atoms with E-state index in [1.165, 1.54) is 0 Å². The number of hydrazone groups is 4. The van der Waals surface area contributed by atoms with Gasteiger partial charge in [0, 0.05) is 13.1 Å². The van der Waals surface area contributed by atoms with Gasteiger partial charge < -0.3 is 22.1 Å². The summed E-state index contributed by atoms with van der Waals surface area (Å²) in [7, 11) is 0. The van der Waals surface area contributed by atoms with Crippen molar-refractivity contribution in [1.82, 2.24) is 32.3 Å². The molecule has 0 bridgehead atoms. The van der Waals surface area contributed by atoms with Crippen LogP contribution in [0.5, 0.6) is 0 Å². The highest BCUT2D eigenvalue weighted by molar-refractivity contribution is 7.80. The van der Waals surface area contributed by atoms with Crippen LogP contribution in [0.25, 0.3) is 0 Å². The molecule has 0 atom stereocenters. The molecule has 0 aromatic carbocycles. The van der Waals surface area contributed by atoms with Gasteiger partial charge in [-0.3, -0.25) is 21.7 Å². The second-order valence-corrected chi connectivity index (χ2v) is 7.53. The van der Waals surface area contributed by atoms with Gasteiger partial charge in [-0.1, -0.05) is 0 Å². The molecule has 0 amide bonds. The quantitative estimate of drug-likeness (QED) is 0.0828. The van der Waals surface area contributed by atoms with Crippen LogP contribution in [0.2, 0.25) is 0 Å². The molecule has 0 saturated carbocycles. The van der Waals surface area contributed by atoms with Crippen molar-refractivity contribution in [3.05, 3.63) is 0 Å². The molecule has 0 heterocycles. The Hall–Kier alpha value is -2.56. The highest BCUT2D eigenvalue weighted by Gasteiger charge is 2.00. The molecular formula is C15H28N12S4. The molecule has 0 spiro atoms. The lowest BCUT2D eigenvalue weighted by Crippen LogP contribution is -2.37. The summed E-state index contributed by atoms with van der Waals surface area (Å²) >= 11 is 19.7. The monoisotopic (exact) mass is 504 g/mol. The molecule has 12 nitrogen and oxygen atoms in total. The Balaban J connectivity index is 4.13. The topological polar surface area (TPSA) is 174 Å². The van der Waals surface area contributed by atoms with E-state index >= 15 is 0 Å². The van der Waals surface area contributed by atoms with Gasteiger partial charge in [0.1, 0.15) is 0 Å². The Morgan fingerprint density at radius 2 is 0.871 bits per heavy atom. The minimum absolute atomic E-state index is 0.0800. The van der Waals surface area contributed by atoms with Gasteiger partial charge in [0.2, 0.25) is 0 Å². The van der Waals surface area contributed by atoms with E-state index in [2.05, 4.69) is 77.2 Å². The number of nitrogens with zero attached hydrogens (tertiary/aromatic N) is 4. The molecule has 172 valence electrons. The molecule has 0 fully saturated rings. The van der Waals surface area contributed by atoms with Crippen molar-refractivity contribution < 1.29 is 0 Å². The summed E-state index contributed by atoms with van der Waals surface area (Å²) in [5.41, 5.74) is 23.6. The molecule has 10 N–H and O–H groups in total. The Kier molecular flexibility index (Phi) is 14.8. The third-order valence-electron chi connectivity index (χ3n) is 3.29. The van der Waals surface area contributed by atoms with Crippen LogP contribution in [0, 0.1) is 0 Å². The summed E-state index contributed by atoms with van der Waals surface area (Å²) in [5, 5.41) is 23.2. The number of nitrogens with two attached hydrogens (primary N) is 2. The van der Waals surface area contributed by atoms with Crippen molar-refractivity contribution in [2.45, 2.75) is 34.1 Å². The first-order valence-corrected chi connectivity index (χ1v) is 10.5. The Labute approximate surface area is 203 Å². The van der Waals surface area contributed by atoms with Crippen molar-refractivity contribution in [1.29, 1.82) is 0 Å². The van der Waals surface area contributed by atoms with E-state index in [9.17, 15) is 0 Å². The minimum Gasteiger partial charge on any atom is -0.375 e. The zero-order valence-corrected chi connectivity index (χ0v) is 21.0. The van der Waals surface area contributed by atoms with Gasteiger partial charge in [-0.05, 0) is 83.0 Å². The fourth-order valence-corrected chi connectivity index (χ4v) is 1.83. The Bertz CT molecular complexity index is 723. The van der Waals surface area contributed by atoms with Crippen LogP contribution in [0.4, 0.5) is 0 Å². The summed E-state index contributed by atoms with van der Waals surface area (Å²) in [6.07, 6.45) is 0.756. The molecule has 0 saturated heterocycles. The van der Waals surface area contributed by atoms with Crippen LogP contribution in [-0.4, -0.2) is 56.4 Å². The maximum Gasteiger partial charge on any atom is 0.186 e. The number of thiocarbonyl (C=S) groups is 4. The van der Waals surface area contributed by atoms with Crippen LogP contribution < -0.4 is 43.8 Å². The van der Waals surface area contributed by atoms with E-state index in [-0.39, 0.29) is 10.2 Å². The van der Waals surface area contributed by atoms with E-state index in [0.29, 0.717) is 46.2 Å². The molecule has 0 aromatic rings. The molecule has 0 unspecified atom stereocenters. The van der Waals surface area contributed by atoms with Crippen LogP contribution >= 0.6 is 48.9 Å². The first-order valence-electron chi connectivity index (χ1n) is 8.89. The smallest absolute Gasteiger partial charge is 0.186 e. The molecule has 0 aliphatic heterocycles. The highest BCUT2D eigenvalue weighted by atomic mass is 32.1. The molecule has 31 heavy (non-hydrogen) atoms. The molecule has 0 aromatic heterocycles. The summed E-state index contributed by atoms with van der Waals surface area (Å²) in [5.74, 6) is 0. The van der Waals surface area contributed by atoms with Gasteiger partial charge >= 0.3 is 0 Å².